The Kier molecular flexibility index (Phi) is 4.14. The molecule has 1 aliphatic heterocycles. The molecule has 4 rings (SSSR count). The van der Waals surface area contributed by atoms with Crippen LogP contribution in [-0.2, 0) is 4.79 Å². The van der Waals surface area contributed by atoms with Gasteiger partial charge >= 0.3 is 0 Å². The minimum Gasteiger partial charge on any atom is -0.391 e. The summed E-state index contributed by atoms with van der Waals surface area (Å²) in [7, 11) is 0. The second kappa shape index (κ2) is 6.61. The summed E-state index contributed by atoms with van der Waals surface area (Å²) >= 11 is 0. The molecule has 0 radical (unpaired) electrons. The fraction of sp³-hybridized carbons (Fsp3) is 0.211. The largest absolute Gasteiger partial charge is 0.391 e. The van der Waals surface area contributed by atoms with Gasteiger partial charge in [0.15, 0.2) is 0 Å². The van der Waals surface area contributed by atoms with Crippen molar-refractivity contribution >= 4 is 28.4 Å². The molecule has 2 heterocycles. The van der Waals surface area contributed by atoms with E-state index in [9.17, 15) is 14.7 Å². The lowest BCUT2D eigenvalue weighted by molar-refractivity contribution is -0.119. The maximum atomic E-state index is 12.7. The van der Waals surface area contributed by atoms with Crippen LogP contribution in [0.3, 0.4) is 0 Å². The molecule has 26 heavy (non-hydrogen) atoms. The van der Waals surface area contributed by atoms with Crippen LogP contribution in [0.4, 0.5) is 5.69 Å². The first kappa shape index (κ1) is 16.3. The third kappa shape index (κ3) is 3.04. The summed E-state index contributed by atoms with van der Waals surface area (Å²) in [6, 6.07) is 13.5. The zero-order valence-electron chi connectivity index (χ0n) is 13.9. The normalized spacial score (nSPS) is 19.7. The van der Waals surface area contributed by atoms with Crippen LogP contribution in [0.25, 0.3) is 10.9 Å². The van der Waals surface area contributed by atoms with Gasteiger partial charge in [-0.1, -0.05) is 18.2 Å². The highest BCUT2D eigenvalue weighted by Crippen LogP contribution is 2.23. The van der Waals surface area contributed by atoms with E-state index in [0.29, 0.717) is 11.3 Å². The summed E-state index contributed by atoms with van der Waals surface area (Å²) in [6.07, 6.45) is 1.18. The molecule has 132 valence electrons. The topological polar surface area (TPSA) is 98.3 Å². The summed E-state index contributed by atoms with van der Waals surface area (Å²) in [5, 5.41) is 20.5. The average molecular weight is 350 g/mol. The number of benzene rings is 2. The fourth-order valence-electron chi connectivity index (χ4n) is 3.28. The van der Waals surface area contributed by atoms with Gasteiger partial charge in [-0.3, -0.25) is 14.7 Å². The van der Waals surface area contributed by atoms with Crippen molar-refractivity contribution in [2.45, 2.75) is 18.6 Å². The van der Waals surface area contributed by atoms with Crippen LogP contribution in [0.2, 0.25) is 0 Å². The van der Waals surface area contributed by atoms with E-state index in [2.05, 4.69) is 15.5 Å². The van der Waals surface area contributed by atoms with Crippen molar-refractivity contribution in [3.05, 3.63) is 60.3 Å². The summed E-state index contributed by atoms with van der Waals surface area (Å²) in [4.78, 5) is 26.9. The molecule has 1 aromatic heterocycles. The molecule has 0 aliphatic carbocycles. The smallest absolute Gasteiger partial charge is 0.254 e. The van der Waals surface area contributed by atoms with Gasteiger partial charge in [0, 0.05) is 29.6 Å². The number of amides is 2. The quantitative estimate of drug-likeness (QED) is 0.670. The van der Waals surface area contributed by atoms with Gasteiger partial charge < -0.3 is 15.3 Å². The molecule has 1 aliphatic rings. The number of rotatable bonds is 3. The molecule has 1 fully saturated rings. The van der Waals surface area contributed by atoms with Crippen LogP contribution in [0.5, 0.6) is 0 Å². The molecule has 3 N–H and O–H groups in total. The van der Waals surface area contributed by atoms with E-state index in [1.54, 1.807) is 36.5 Å². The maximum Gasteiger partial charge on any atom is 0.254 e. The van der Waals surface area contributed by atoms with Crippen molar-refractivity contribution in [3.8, 4) is 0 Å². The molecule has 2 atom stereocenters. The second-order valence-electron chi connectivity index (χ2n) is 6.39. The van der Waals surface area contributed by atoms with Crippen LogP contribution in [0.15, 0.2) is 54.7 Å². The van der Waals surface area contributed by atoms with Gasteiger partial charge in [0.1, 0.15) is 6.04 Å². The molecular weight excluding hydrogens is 332 g/mol. The molecule has 1 saturated heterocycles. The molecule has 2 amide bonds. The third-order valence-corrected chi connectivity index (χ3v) is 4.57. The second-order valence-corrected chi connectivity index (χ2v) is 6.39. The Bertz CT molecular complexity index is 954. The fourth-order valence-corrected chi connectivity index (χ4v) is 3.28. The van der Waals surface area contributed by atoms with Crippen LogP contribution in [0, 0.1) is 0 Å². The van der Waals surface area contributed by atoms with Crippen molar-refractivity contribution in [3.63, 3.8) is 0 Å². The molecule has 3 aromatic rings. The van der Waals surface area contributed by atoms with E-state index >= 15 is 0 Å². The van der Waals surface area contributed by atoms with Gasteiger partial charge in [-0.15, -0.1) is 0 Å². The molecule has 0 spiro atoms. The number of aromatic amines is 1. The lowest BCUT2D eigenvalue weighted by Crippen LogP contribution is -2.43. The number of H-pyrrole nitrogens is 1. The Morgan fingerprint density at radius 2 is 2.00 bits per heavy atom. The van der Waals surface area contributed by atoms with E-state index in [1.165, 1.54) is 4.90 Å². The number of β-amino-alcohol motifs (C(OH)–C–C–N with tert-alkyl or cyclic N) is 1. The Morgan fingerprint density at radius 1 is 1.19 bits per heavy atom. The Morgan fingerprint density at radius 3 is 2.81 bits per heavy atom. The van der Waals surface area contributed by atoms with Crippen molar-refractivity contribution in [2.75, 3.05) is 11.9 Å². The van der Waals surface area contributed by atoms with E-state index in [0.717, 1.165) is 10.9 Å². The maximum absolute atomic E-state index is 12.7. The van der Waals surface area contributed by atoms with E-state index in [1.807, 2.05) is 18.2 Å². The third-order valence-electron chi connectivity index (χ3n) is 4.57. The average Bonchev–Trinajstić information content (AvgIpc) is 3.27. The summed E-state index contributed by atoms with van der Waals surface area (Å²) in [5.74, 6) is -0.568. The Hall–Kier alpha value is -3.19. The van der Waals surface area contributed by atoms with Crippen LogP contribution in [0.1, 0.15) is 16.8 Å². The zero-order chi connectivity index (χ0) is 18.1. The number of nitrogens with one attached hydrogen (secondary N) is 2. The number of aliphatic hydroxyl groups excluding tert-OH is 1. The predicted octanol–water partition coefficient (Wildman–Crippen LogP) is 1.78. The van der Waals surface area contributed by atoms with Crippen LogP contribution < -0.4 is 5.32 Å². The Labute approximate surface area is 149 Å². The number of carbonyl (C=O) groups excluding carboxylic acids is 2. The van der Waals surface area contributed by atoms with Gasteiger partial charge in [-0.25, -0.2) is 0 Å². The summed E-state index contributed by atoms with van der Waals surface area (Å²) in [5.41, 5.74) is 2.00. The van der Waals surface area contributed by atoms with Gasteiger partial charge in [0.25, 0.3) is 5.91 Å². The number of hydrogen-bond acceptors (Lipinski definition) is 4. The Balaban J connectivity index is 1.54. The number of anilines is 1. The minimum atomic E-state index is -0.713. The number of aliphatic hydroxyl groups is 1. The zero-order valence-corrected chi connectivity index (χ0v) is 13.9. The summed E-state index contributed by atoms with van der Waals surface area (Å²) < 4.78 is 0. The number of aromatic nitrogens is 2. The van der Waals surface area contributed by atoms with E-state index in [-0.39, 0.29) is 24.8 Å². The first-order valence-corrected chi connectivity index (χ1v) is 8.40. The molecule has 0 saturated carbocycles. The number of carbonyl (C=O) groups is 2. The molecular formula is C19H18N4O3. The van der Waals surface area contributed by atoms with Gasteiger partial charge in [-0.2, -0.15) is 5.10 Å². The van der Waals surface area contributed by atoms with Crippen LogP contribution in [-0.4, -0.2) is 50.7 Å². The number of hydrogen-bond donors (Lipinski definition) is 3. The molecule has 7 heteroatoms. The standard InChI is InChI=1S/C19H18N4O3/c24-15-9-17(23(11-15)19(26)12-4-2-1-3-5-12)18(25)21-14-6-7-16-13(8-14)10-20-22-16/h1-8,10,15,17,24H,9,11H2,(H,20,22)(H,21,25)/t15-,17-/m0/s1. The molecule has 7 nitrogen and oxygen atoms in total. The molecule has 0 bridgehead atoms. The SMILES string of the molecule is O=C(Nc1ccc2[nH]ncc2c1)[C@@H]1C[C@H](O)CN1C(=O)c1ccccc1. The lowest BCUT2D eigenvalue weighted by Gasteiger charge is -2.23. The number of nitrogens with zero attached hydrogens (tertiary/aromatic N) is 2. The highest BCUT2D eigenvalue weighted by Gasteiger charge is 2.39. The highest BCUT2D eigenvalue weighted by atomic mass is 16.3. The first-order chi connectivity index (χ1) is 12.6. The van der Waals surface area contributed by atoms with Crippen molar-refractivity contribution in [1.82, 2.24) is 15.1 Å². The van der Waals surface area contributed by atoms with Crippen molar-refractivity contribution < 1.29 is 14.7 Å². The van der Waals surface area contributed by atoms with Gasteiger partial charge in [0.05, 0.1) is 17.8 Å². The first-order valence-electron chi connectivity index (χ1n) is 8.40. The minimum absolute atomic E-state index is 0.145. The van der Waals surface area contributed by atoms with Gasteiger partial charge in [-0.05, 0) is 30.3 Å². The van der Waals surface area contributed by atoms with Gasteiger partial charge in [0.2, 0.25) is 5.91 Å². The van der Waals surface area contributed by atoms with E-state index < -0.39 is 12.1 Å². The summed E-state index contributed by atoms with van der Waals surface area (Å²) in [6.45, 7) is 0.145. The number of likely N-dealkylation sites (tertiary alicyclic amines) is 1. The van der Waals surface area contributed by atoms with Crippen molar-refractivity contribution in [2.24, 2.45) is 0 Å². The molecule has 2 aromatic carbocycles. The molecule has 0 unspecified atom stereocenters. The number of fused-ring (bicyclic) bond motifs is 1. The highest BCUT2D eigenvalue weighted by molar-refractivity contribution is 6.02. The lowest BCUT2D eigenvalue weighted by atomic mass is 10.1. The van der Waals surface area contributed by atoms with Crippen LogP contribution >= 0.6 is 0 Å². The van der Waals surface area contributed by atoms with Crippen molar-refractivity contribution in [1.29, 1.82) is 0 Å². The van der Waals surface area contributed by atoms with E-state index in [4.69, 9.17) is 0 Å². The predicted molar refractivity (Wildman–Crippen MR) is 96.6 cm³/mol. The monoisotopic (exact) mass is 350 g/mol.